The second-order valence-electron chi connectivity index (χ2n) is 7.00. The van der Waals surface area contributed by atoms with Gasteiger partial charge in [0.15, 0.2) is 11.5 Å². The average Bonchev–Trinajstić information content (AvgIpc) is 2.72. The Morgan fingerprint density at radius 3 is 2.41 bits per heavy atom. The molecule has 1 amide bonds. The van der Waals surface area contributed by atoms with Crippen LogP contribution in [0.25, 0.3) is 0 Å². The molecule has 0 N–H and O–H groups in total. The Hall–Kier alpha value is -2.53. The predicted octanol–water partition coefficient (Wildman–Crippen LogP) is 4.04. The van der Waals surface area contributed by atoms with E-state index in [0.29, 0.717) is 42.7 Å². The summed E-state index contributed by atoms with van der Waals surface area (Å²) in [5, 5.41) is 0. The highest BCUT2D eigenvalue weighted by molar-refractivity contribution is 5.95. The van der Waals surface area contributed by atoms with Crippen LogP contribution in [-0.4, -0.2) is 44.7 Å². The van der Waals surface area contributed by atoms with Gasteiger partial charge in [0, 0.05) is 12.1 Å². The Labute approximate surface area is 160 Å². The normalized spacial score (nSPS) is 17.1. The van der Waals surface area contributed by atoms with Crippen LogP contribution in [0.1, 0.15) is 47.4 Å². The summed E-state index contributed by atoms with van der Waals surface area (Å²) in [6.45, 7) is 5.99. The van der Waals surface area contributed by atoms with Crippen LogP contribution in [0.15, 0.2) is 42.5 Å². The van der Waals surface area contributed by atoms with Gasteiger partial charge in [-0.3, -0.25) is 4.79 Å². The van der Waals surface area contributed by atoms with Gasteiger partial charge in [0.1, 0.15) is 6.10 Å². The lowest BCUT2D eigenvalue weighted by atomic mass is 9.99. The van der Waals surface area contributed by atoms with Crippen molar-refractivity contribution in [2.24, 2.45) is 0 Å². The van der Waals surface area contributed by atoms with E-state index < -0.39 is 0 Å². The van der Waals surface area contributed by atoms with Crippen LogP contribution in [0, 0.1) is 0 Å². The van der Waals surface area contributed by atoms with Crippen LogP contribution < -0.4 is 9.47 Å². The molecule has 0 spiro atoms. The molecule has 2 aromatic rings. The highest BCUT2D eigenvalue weighted by atomic mass is 16.5. The molecule has 0 aromatic heterocycles. The van der Waals surface area contributed by atoms with Crippen LogP contribution >= 0.6 is 0 Å². The van der Waals surface area contributed by atoms with Gasteiger partial charge in [-0.05, 0) is 35.2 Å². The number of methoxy groups -OCH3 is 2. The molecule has 1 heterocycles. The molecule has 0 saturated carbocycles. The third-order valence-electron chi connectivity index (χ3n) is 4.96. The van der Waals surface area contributed by atoms with Crippen molar-refractivity contribution in [3.8, 4) is 11.5 Å². The lowest BCUT2D eigenvalue weighted by Crippen LogP contribution is -2.42. The molecule has 1 unspecified atom stereocenters. The first kappa shape index (κ1) is 19.2. The van der Waals surface area contributed by atoms with Crippen LogP contribution in [-0.2, 0) is 4.74 Å². The fraction of sp³-hybridized carbons (Fsp3) is 0.409. The second kappa shape index (κ2) is 8.44. The number of rotatable bonds is 5. The molecule has 5 nitrogen and oxygen atoms in total. The Kier molecular flexibility index (Phi) is 6.01. The summed E-state index contributed by atoms with van der Waals surface area (Å²) in [4.78, 5) is 14.8. The van der Waals surface area contributed by atoms with E-state index in [1.165, 1.54) is 5.56 Å². The number of carbonyl (C=O) groups is 1. The molecule has 0 bridgehead atoms. The first-order valence-corrected chi connectivity index (χ1v) is 9.26. The zero-order chi connectivity index (χ0) is 19.4. The zero-order valence-corrected chi connectivity index (χ0v) is 16.4. The maximum Gasteiger partial charge on any atom is 0.254 e. The van der Waals surface area contributed by atoms with Crippen molar-refractivity contribution in [1.29, 1.82) is 0 Å². The lowest BCUT2D eigenvalue weighted by Gasteiger charge is -2.33. The zero-order valence-electron chi connectivity index (χ0n) is 16.4. The van der Waals surface area contributed by atoms with E-state index in [2.05, 4.69) is 38.1 Å². The maximum atomic E-state index is 13.0. The molecule has 0 radical (unpaired) electrons. The van der Waals surface area contributed by atoms with Crippen LogP contribution in [0.2, 0.25) is 0 Å². The summed E-state index contributed by atoms with van der Waals surface area (Å²) < 4.78 is 16.5. The van der Waals surface area contributed by atoms with E-state index in [1.54, 1.807) is 32.4 Å². The SMILES string of the molecule is COc1ccc(C(=O)N2CCOC(c3ccc(C(C)C)cc3)C2)cc1OC. The van der Waals surface area contributed by atoms with Crippen LogP contribution in [0.4, 0.5) is 0 Å². The molecule has 3 rings (SSSR count). The van der Waals surface area contributed by atoms with E-state index >= 15 is 0 Å². The molecule has 1 fully saturated rings. The second-order valence-corrected chi connectivity index (χ2v) is 7.00. The van der Waals surface area contributed by atoms with E-state index in [0.717, 1.165) is 5.56 Å². The summed E-state index contributed by atoms with van der Waals surface area (Å²) >= 11 is 0. The Morgan fingerprint density at radius 1 is 1.07 bits per heavy atom. The average molecular weight is 369 g/mol. The number of carbonyl (C=O) groups excluding carboxylic acids is 1. The standard InChI is InChI=1S/C22H27NO4/c1-15(2)16-5-7-17(8-6-16)21-14-23(11-12-27-21)22(24)18-9-10-19(25-3)20(13-18)26-4/h5-10,13,15,21H,11-12,14H2,1-4H3. The number of amides is 1. The van der Waals surface area contributed by atoms with Gasteiger partial charge in [-0.1, -0.05) is 38.1 Å². The maximum absolute atomic E-state index is 13.0. The third kappa shape index (κ3) is 4.25. The third-order valence-corrected chi connectivity index (χ3v) is 4.96. The fourth-order valence-corrected chi connectivity index (χ4v) is 3.28. The van der Waals surface area contributed by atoms with E-state index in [-0.39, 0.29) is 12.0 Å². The van der Waals surface area contributed by atoms with Gasteiger partial charge in [-0.25, -0.2) is 0 Å². The van der Waals surface area contributed by atoms with Crippen molar-refractivity contribution in [1.82, 2.24) is 4.90 Å². The van der Waals surface area contributed by atoms with Gasteiger partial charge in [-0.2, -0.15) is 0 Å². The van der Waals surface area contributed by atoms with Gasteiger partial charge in [-0.15, -0.1) is 0 Å². The van der Waals surface area contributed by atoms with Crippen LogP contribution in [0.3, 0.4) is 0 Å². The number of nitrogens with zero attached hydrogens (tertiary/aromatic N) is 1. The Balaban J connectivity index is 1.74. The molecule has 1 aliphatic heterocycles. The first-order valence-electron chi connectivity index (χ1n) is 9.26. The first-order chi connectivity index (χ1) is 13.0. The van der Waals surface area contributed by atoms with Crippen LogP contribution in [0.5, 0.6) is 11.5 Å². The summed E-state index contributed by atoms with van der Waals surface area (Å²) in [5.74, 6) is 1.63. The van der Waals surface area contributed by atoms with Gasteiger partial charge in [0.25, 0.3) is 5.91 Å². The van der Waals surface area contributed by atoms with Crippen molar-refractivity contribution >= 4 is 5.91 Å². The van der Waals surface area contributed by atoms with E-state index in [9.17, 15) is 4.79 Å². The number of morpholine rings is 1. The Morgan fingerprint density at radius 2 is 1.78 bits per heavy atom. The summed E-state index contributed by atoms with van der Waals surface area (Å²) in [6, 6.07) is 13.7. The van der Waals surface area contributed by atoms with Gasteiger partial charge in [0.05, 0.1) is 27.4 Å². The van der Waals surface area contributed by atoms with Gasteiger partial charge < -0.3 is 19.1 Å². The molecule has 5 heteroatoms. The minimum absolute atomic E-state index is 0.0250. The number of hydrogen-bond acceptors (Lipinski definition) is 4. The Bertz CT molecular complexity index is 785. The molecule has 27 heavy (non-hydrogen) atoms. The topological polar surface area (TPSA) is 48.0 Å². The van der Waals surface area contributed by atoms with Crippen molar-refractivity contribution in [2.45, 2.75) is 25.9 Å². The lowest BCUT2D eigenvalue weighted by molar-refractivity contribution is -0.0228. The molecule has 1 atom stereocenters. The van der Waals surface area contributed by atoms with Gasteiger partial charge >= 0.3 is 0 Å². The number of ether oxygens (including phenoxy) is 3. The van der Waals surface area contributed by atoms with Crippen molar-refractivity contribution < 1.29 is 19.0 Å². The van der Waals surface area contributed by atoms with Crippen molar-refractivity contribution in [3.05, 3.63) is 59.2 Å². The quantitative estimate of drug-likeness (QED) is 0.798. The largest absolute Gasteiger partial charge is 0.493 e. The minimum Gasteiger partial charge on any atom is -0.493 e. The van der Waals surface area contributed by atoms with E-state index in [4.69, 9.17) is 14.2 Å². The molecule has 2 aromatic carbocycles. The monoisotopic (exact) mass is 369 g/mol. The molecule has 0 aliphatic carbocycles. The smallest absolute Gasteiger partial charge is 0.254 e. The predicted molar refractivity (Wildman–Crippen MR) is 105 cm³/mol. The highest BCUT2D eigenvalue weighted by Crippen LogP contribution is 2.29. The summed E-state index contributed by atoms with van der Waals surface area (Å²) in [7, 11) is 3.15. The number of benzene rings is 2. The minimum atomic E-state index is -0.107. The highest BCUT2D eigenvalue weighted by Gasteiger charge is 2.26. The fourth-order valence-electron chi connectivity index (χ4n) is 3.28. The molecule has 144 valence electrons. The number of hydrogen-bond donors (Lipinski definition) is 0. The molecule has 1 aliphatic rings. The summed E-state index contributed by atoms with van der Waals surface area (Å²) in [6.07, 6.45) is -0.107. The molecular formula is C22H27NO4. The van der Waals surface area contributed by atoms with Crippen molar-refractivity contribution in [2.75, 3.05) is 33.9 Å². The summed E-state index contributed by atoms with van der Waals surface area (Å²) in [5.41, 5.74) is 2.99. The molecule has 1 saturated heterocycles. The molecular weight excluding hydrogens is 342 g/mol. The van der Waals surface area contributed by atoms with Crippen molar-refractivity contribution in [3.63, 3.8) is 0 Å². The van der Waals surface area contributed by atoms with E-state index in [1.807, 2.05) is 4.90 Å². The van der Waals surface area contributed by atoms with Gasteiger partial charge in [0.2, 0.25) is 0 Å².